The fraction of sp³-hybridized carbons (Fsp3) is 0.250. The van der Waals surface area contributed by atoms with E-state index in [4.69, 9.17) is 4.74 Å². The molecule has 94 valence electrons. The van der Waals surface area contributed by atoms with Crippen LogP contribution in [0.1, 0.15) is 5.56 Å². The van der Waals surface area contributed by atoms with E-state index in [1.165, 1.54) is 16.7 Å². The Morgan fingerprint density at radius 3 is 2.11 bits per heavy atom. The number of hydrogen-bond donors (Lipinski definition) is 0. The number of ether oxygens (including phenoxy) is 1. The van der Waals surface area contributed by atoms with E-state index in [-0.39, 0.29) is 0 Å². The molecule has 0 N–H and O–H groups in total. The number of rotatable bonds is 5. The Labute approximate surface area is 109 Å². The van der Waals surface area contributed by atoms with Gasteiger partial charge in [-0.1, -0.05) is 54.6 Å². The van der Waals surface area contributed by atoms with E-state index in [9.17, 15) is 0 Å². The van der Waals surface area contributed by atoms with Gasteiger partial charge >= 0.3 is 0 Å². The largest absolute Gasteiger partial charge is 0.369 e. The quantitative estimate of drug-likeness (QED) is 0.744. The molecule has 2 heteroatoms. The molecule has 0 atom stereocenters. The smallest absolute Gasteiger partial charge is 0.0986 e. The second-order valence-electron chi connectivity index (χ2n) is 4.49. The highest BCUT2D eigenvalue weighted by Gasteiger charge is 2.00. The molecule has 0 bridgehead atoms. The average Bonchev–Trinajstić information content (AvgIpc) is 2.41. The minimum atomic E-state index is 0.653. The summed E-state index contributed by atoms with van der Waals surface area (Å²) in [5, 5.41) is 0. The van der Waals surface area contributed by atoms with E-state index < -0.39 is 0 Å². The van der Waals surface area contributed by atoms with Crippen molar-refractivity contribution in [3.05, 3.63) is 60.2 Å². The topological polar surface area (TPSA) is 12.5 Å². The Hall–Kier alpha value is -1.64. The first-order valence-corrected chi connectivity index (χ1v) is 6.11. The maximum Gasteiger partial charge on any atom is 0.0986 e. The highest BCUT2D eigenvalue weighted by Crippen LogP contribution is 2.19. The van der Waals surface area contributed by atoms with Gasteiger partial charge in [-0.25, -0.2) is 0 Å². The molecule has 0 radical (unpaired) electrons. The lowest BCUT2D eigenvalue weighted by atomic mass is 10.0. The Kier molecular flexibility index (Phi) is 4.51. The van der Waals surface area contributed by atoms with Gasteiger partial charge in [-0.2, -0.15) is 0 Å². The first kappa shape index (κ1) is 12.8. The van der Waals surface area contributed by atoms with Crippen LogP contribution in [0.5, 0.6) is 0 Å². The molecule has 0 aliphatic carbocycles. The third-order valence-corrected chi connectivity index (χ3v) is 2.86. The molecule has 18 heavy (non-hydrogen) atoms. The highest BCUT2D eigenvalue weighted by atomic mass is 16.5. The second kappa shape index (κ2) is 6.34. The van der Waals surface area contributed by atoms with Gasteiger partial charge in [-0.3, -0.25) is 4.90 Å². The van der Waals surface area contributed by atoms with Gasteiger partial charge in [0.1, 0.15) is 0 Å². The van der Waals surface area contributed by atoms with E-state index in [0.717, 1.165) is 6.54 Å². The van der Waals surface area contributed by atoms with Crippen molar-refractivity contribution in [1.29, 1.82) is 0 Å². The van der Waals surface area contributed by atoms with Crippen molar-refractivity contribution in [3.63, 3.8) is 0 Å². The molecule has 2 aromatic carbocycles. The molecule has 0 spiro atoms. The van der Waals surface area contributed by atoms with Gasteiger partial charge < -0.3 is 4.74 Å². The van der Waals surface area contributed by atoms with Crippen LogP contribution < -0.4 is 0 Å². The van der Waals surface area contributed by atoms with Crippen molar-refractivity contribution < 1.29 is 4.74 Å². The minimum Gasteiger partial charge on any atom is -0.369 e. The van der Waals surface area contributed by atoms with E-state index in [1.54, 1.807) is 7.11 Å². The molecule has 2 rings (SSSR count). The molecule has 0 fully saturated rings. The van der Waals surface area contributed by atoms with E-state index in [0.29, 0.717) is 6.73 Å². The van der Waals surface area contributed by atoms with Crippen LogP contribution in [-0.2, 0) is 11.3 Å². The van der Waals surface area contributed by atoms with Gasteiger partial charge in [0.15, 0.2) is 0 Å². The zero-order valence-electron chi connectivity index (χ0n) is 11.0. The zero-order chi connectivity index (χ0) is 12.8. The summed E-state index contributed by atoms with van der Waals surface area (Å²) < 4.78 is 5.09. The third kappa shape index (κ3) is 3.42. The summed E-state index contributed by atoms with van der Waals surface area (Å²) in [6.07, 6.45) is 0. The number of hydrogen-bond acceptors (Lipinski definition) is 2. The van der Waals surface area contributed by atoms with Crippen LogP contribution in [0, 0.1) is 0 Å². The van der Waals surface area contributed by atoms with E-state index >= 15 is 0 Å². The molecule has 0 saturated heterocycles. The summed E-state index contributed by atoms with van der Waals surface area (Å²) in [6, 6.07) is 19.1. The van der Waals surface area contributed by atoms with Gasteiger partial charge in [-0.15, -0.1) is 0 Å². The normalized spacial score (nSPS) is 10.8. The van der Waals surface area contributed by atoms with Gasteiger partial charge in [0.25, 0.3) is 0 Å². The zero-order valence-corrected chi connectivity index (χ0v) is 11.0. The molecule has 0 saturated carbocycles. The predicted octanol–water partition coefficient (Wildman–Crippen LogP) is 3.39. The molecule has 0 heterocycles. The summed E-state index contributed by atoms with van der Waals surface area (Å²) in [5.41, 5.74) is 3.82. The molecule has 0 aromatic heterocycles. The van der Waals surface area contributed by atoms with Crippen LogP contribution in [-0.4, -0.2) is 25.8 Å². The Balaban J connectivity index is 2.06. The van der Waals surface area contributed by atoms with Crippen molar-refractivity contribution in [3.8, 4) is 11.1 Å². The van der Waals surface area contributed by atoms with Crippen LogP contribution in [0.2, 0.25) is 0 Å². The van der Waals surface area contributed by atoms with Crippen molar-refractivity contribution in [2.24, 2.45) is 0 Å². The second-order valence-corrected chi connectivity index (χ2v) is 4.49. The Bertz CT molecular complexity index is 464. The molecule has 2 aromatic rings. The van der Waals surface area contributed by atoms with Gasteiger partial charge in [0, 0.05) is 13.7 Å². The summed E-state index contributed by atoms with van der Waals surface area (Å²) in [5.74, 6) is 0. The molecular weight excluding hydrogens is 222 g/mol. The average molecular weight is 241 g/mol. The lowest BCUT2D eigenvalue weighted by Crippen LogP contribution is -2.20. The SMILES string of the molecule is COCN(C)Cc1ccc(-c2ccccc2)cc1. The van der Waals surface area contributed by atoms with Crippen LogP contribution >= 0.6 is 0 Å². The van der Waals surface area contributed by atoms with Crippen LogP contribution in [0.15, 0.2) is 54.6 Å². The van der Waals surface area contributed by atoms with E-state index in [1.807, 2.05) is 6.07 Å². The maximum absolute atomic E-state index is 5.09. The van der Waals surface area contributed by atoms with Gasteiger partial charge in [-0.05, 0) is 23.7 Å². The molecule has 0 aliphatic rings. The summed E-state index contributed by atoms with van der Waals surface area (Å²) in [6.45, 7) is 1.56. The van der Waals surface area contributed by atoms with Crippen molar-refractivity contribution in [2.45, 2.75) is 6.54 Å². The standard InChI is InChI=1S/C16H19NO/c1-17(13-18-2)12-14-8-10-16(11-9-14)15-6-4-3-5-7-15/h3-11H,12-13H2,1-2H3. The van der Waals surface area contributed by atoms with Crippen LogP contribution in [0.3, 0.4) is 0 Å². The Morgan fingerprint density at radius 2 is 1.50 bits per heavy atom. The number of methoxy groups -OCH3 is 1. The van der Waals surface area contributed by atoms with Crippen molar-refractivity contribution in [1.82, 2.24) is 4.90 Å². The molecular formula is C16H19NO. The van der Waals surface area contributed by atoms with Gasteiger partial charge in [0.05, 0.1) is 6.73 Å². The first-order chi connectivity index (χ1) is 8.79. The summed E-state index contributed by atoms with van der Waals surface area (Å²) >= 11 is 0. The highest BCUT2D eigenvalue weighted by molar-refractivity contribution is 5.63. The van der Waals surface area contributed by atoms with Crippen LogP contribution in [0.25, 0.3) is 11.1 Å². The van der Waals surface area contributed by atoms with Crippen LogP contribution in [0.4, 0.5) is 0 Å². The van der Waals surface area contributed by atoms with Crippen molar-refractivity contribution >= 4 is 0 Å². The van der Waals surface area contributed by atoms with Crippen molar-refractivity contribution in [2.75, 3.05) is 20.9 Å². The monoisotopic (exact) mass is 241 g/mol. The van der Waals surface area contributed by atoms with Gasteiger partial charge in [0.2, 0.25) is 0 Å². The first-order valence-electron chi connectivity index (χ1n) is 6.11. The summed E-state index contributed by atoms with van der Waals surface area (Å²) in [4.78, 5) is 2.14. The molecule has 0 unspecified atom stereocenters. The van der Waals surface area contributed by atoms with E-state index in [2.05, 4.69) is 60.5 Å². The maximum atomic E-state index is 5.09. The number of nitrogens with zero attached hydrogens (tertiary/aromatic N) is 1. The predicted molar refractivity (Wildman–Crippen MR) is 75.2 cm³/mol. The minimum absolute atomic E-state index is 0.653. The lowest BCUT2D eigenvalue weighted by Gasteiger charge is -2.15. The molecule has 0 aliphatic heterocycles. The number of benzene rings is 2. The fourth-order valence-electron chi connectivity index (χ4n) is 2.01. The Morgan fingerprint density at radius 1 is 0.889 bits per heavy atom. The molecule has 2 nitrogen and oxygen atoms in total. The molecule has 0 amide bonds. The third-order valence-electron chi connectivity index (χ3n) is 2.86. The summed E-state index contributed by atoms with van der Waals surface area (Å²) in [7, 11) is 3.77. The lowest BCUT2D eigenvalue weighted by molar-refractivity contribution is 0.0771. The fourth-order valence-corrected chi connectivity index (χ4v) is 2.01.